The second kappa shape index (κ2) is 4.20. The number of nitrogens with zero attached hydrogens (tertiary/aromatic N) is 2. The van der Waals surface area contributed by atoms with E-state index in [4.69, 9.17) is 10.1 Å². The number of hydrogen-bond acceptors (Lipinski definition) is 3. The molecular weight excluding hydrogens is 140 g/mol. The molecule has 0 spiro atoms. The molecule has 0 aliphatic carbocycles. The van der Waals surface area contributed by atoms with E-state index in [9.17, 15) is 0 Å². The summed E-state index contributed by atoms with van der Waals surface area (Å²) in [6, 6.07) is 0.486. The molecule has 1 heterocycles. The molecule has 0 radical (unpaired) electrons. The Balaban J connectivity index is 2.32. The smallest absolute Gasteiger partial charge is 0.307 e. The largest absolute Gasteiger partial charge is 0.327 e. The molecule has 62 valence electrons. The van der Waals surface area contributed by atoms with Crippen molar-refractivity contribution in [3.05, 3.63) is 0 Å². The Kier molecular flexibility index (Phi) is 3.18. The fourth-order valence-electron chi connectivity index (χ4n) is 1.60. The number of nitriles is 1. The highest BCUT2D eigenvalue weighted by Gasteiger charge is 2.24. The van der Waals surface area contributed by atoms with Gasteiger partial charge >= 0.3 is 6.26 Å². The van der Waals surface area contributed by atoms with Crippen LogP contribution in [0.15, 0.2) is 0 Å². The van der Waals surface area contributed by atoms with Crippen LogP contribution in [0.5, 0.6) is 0 Å². The molecule has 0 amide bonds. The molecule has 0 aromatic heterocycles. The van der Waals surface area contributed by atoms with Crippen molar-refractivity contribution in [3.63, 3.8) is 0 Å². The molecule has 0 aromatic carbocycles. The highest BCUT2D eigenvalue weighted by Crippen LogP contribution is 2.20. The van der Waals surface area contributed by atoms with Gasteiger partial charge in [-0.15, -0.1) is 10.3 Å². The summed E-state index contributed by atoms with van der Waals surface area (Å²) in [7, 11) is 0. The maximum atomic E-state index is 8.30. The molecule has 0 aromatic rings. The molecule has 1 saturated heterocycles. The van der Waals surface area contributed by atoms with Gasteiger partial charge in [0.15, 0.2) is 0 Å². The van der Waals surface area contributed by atoms with Gasteiger partial charge in [0, 0.05) is 12.6 Å². The van der Waals surface area contributed by atoms with E-state index in [1.807, 2.05) is 5.06 Å². The fourth-order valence-corrected chi connectivity index (χ4v) is 1.60. The molecule has 1 fully saturated rings. The zero-order valence-electron chi connectivity index (χ0n) is 6.92. The summed E-state index contributed by atoms with van der Waals surface area (Å²) in [5.74, 6) is 0. The first-order chi connectivity index (χ1) is 5.38. The van der Waals surface area contributed by atoms with Crippen LogP contribution in [0.4, 0.5) is 0 Å². The minimum Gasteiger partial charge on any atom is -0.327 e. The fraction of sp³-hybridized carbons (Fsp3) is 0.875. The van der Waals surface area contributed by atoms with Crippen LogP contribution in [0.3, 0.4) is 0 Å². The summed E-state index contributed by atoms with van der Waals surface area (Å²) >= 11 is 0. The first-order valence-corrected chi connectivity index (χ1v) is 4.21. The topological polar surface area (TPSA) is 36.3 Å². The summed E-state index contributed by atoms with van der Waals surface area (Å²) in [5, 5.41) is 10.1. The lowest BCUT2D eigenvalue weighted by Crippen LogP contribution is -2.27. The lowest BCUT2D eigenvalue weighted by molar-refractivity contribution is -0.104. The quantitative estimate of drug-likeness (QED) is 0.580. The van der Waals surface area contributed by atoms with E-state index < -0.39 is 0 Å². The Labute approximate surface area is 67.5 Å². The lowest BCUT2D eigenvalue weighted by atomic mass is 10.1. The molecule has 11 heavy (non-hydrogen) atoms. The van der Waals surface area contributed by atoms with Crippen molar-refractivity contribution < 1.29 is 4.84 Å². The van der Waals surface area contributed by atoms with Gasteiger partial charge in [-0.2, -0.15) is 0 Å². The van der Waals surface area contributed by atoms with Gasteiger partial charge in [-0.1, -0.05) is 13.3 Å². The molecule has 3 heteroatoms. The molecule has 1 atom stereocenters. The van der Waals surface area contributed by atoms with E-state index >= 15 is 0 Å². The third kappa shape index (κ3) is 2.09. The van der Waals surface area contributed by atoms with Gasteiger partial charge < -0.3 is 4.84 Å². The van der Waals surface area contributed by atoms with Crippen LogP contribution in [0.1, 0.15) is 32.6 Å². The summed E-state index contributed by atoms with van der Waals surface area (Å²) in [4.78, 5) is 4.81. The summed E-state index contributed by atoms with van der Waals surface area (Å²) < 4.78 is 0. The van der Waals surface area contributed by atoms with Gasteiger partial charge in [0.05, 0.1) is 0 Å². The molecule has 1 unspecified atom stereocenters. The van der Waals surface area contributed by atoms with E-state index in [-0.39, 0.29) is 0 Å². The normalized spacial score (nSPS) is 24.9. The lowest BCUT2D eigenvalue weighted by Gasteiger charge is -2.18. The Morgan fingerprint density at radius 3 is 3.18 bits per heavy atom. The zero-order valence-corrected chi connectivity index (χ0v) is 6.92. The van der Waals surface area contributed by atoms with E-state index in [1.165, 1.54) is 6.42 Å². The van der Waals surface area contributed by atoms with E-state index in [0.717, 1.165) is 25.8 Å². The molecule has 3 nitrogen and oxygen atoms in total. The highest BCUT2D eigenvalue weighted by atomic mass is 16.7. The monoisotopic (exact) mass is 154 g/mol. The van der Waals surface area contributed by atoms with Crippen LogP contribution in [-0.4, -0.2) is 17.6 Å². The third-order valence-electron chi connectivity index (χ3n) is 2.10. The van der Waals surface area contributed by atoms with Crippen LogP contribution < -0.4 is 0 Å². The van der Waals surface area contributed by atoms with Crippen molar-refractivity contribution in [1.82, 2.24) is 5.06 Å². The Morgan fingerprint density at radius 2 is 2.55 bits per heavy atom. The van der Waals surface area contributed by atoms with Gasteiger partial charge in [0.1, 0.15) is 0 Å². The molecule has 0 N–H and O–H groups in total. The number of hydrogen-bond donors (Lipinski definition) is 0. The summed E-state index contributed by atoms with van der Waals surface area (Å²) in [6.07, 6.45) is 6.36. The molecule has 1 rings (SSSR count). The standard InChI is InChI=1S/C8H14N2O/c1-2-4-8-5-3-6-10(8)11-7-9/h8H,2-6H2,1H3. The maximum Gasteiger partial charge on any atom is 0.307 e. The minimum absolute atomic E-state index is 0.486. The summed E-state index contributed by atoms with van der Waals surface area (Å²) in [6.45, 7) is 3.07. The molecule has 1 aliphatic heterocycles. The van der Waals surface area contributed by atoms with Gasteiger partial charge in [-0.3, -0.25) is 0 Å². The van der Waals surface area contributed by atoms with E-state index in [1.54, 1.807) is 6.26 Å². The highest BCUT2D eigenvalue weighted by molar-refractivity contribution is 4.74. The van der Waals surface area contributed by atoms with Gasteiger partial charge in [0.25, 0.3) is 0 Å². The van der Waals surface area contributed by atoms with Crippen molar-refractivity contribution in [2.45, 2.75) is 38.6 Å². The molecular formula is C8H14N2O. The summed E-state index contributed by atoms with van der Waals surface area (Å²) in [5.41, 5.74) is 0. The SMILES string of the molecule is CCCC1CCCN1OC#N. The van der Waals surface area contributed by atoms with E-state index in [0.29, 0.717) is 6.04 Å². The predicted octanol–water partition coefficient (Wildman–Crippen LogP) is 1.66. The molecule has 1 aliphatic rings. The maximum absolute atomic E-state index is 8.30. The second-order valence-electron chi connectivity index (χ2n) is 2.91. The predicted molar refractivity (Wildman–Crippen MR) is 41.3 cm³/mol. The first-order valence-electron chi connectivity index (χ1n) is 4.21. The van der Waals surface area contributed by atoms with Crippen molar-refractivity contribution in [3.8, 4) is 6.26 Å². The van der Waals surface area contributed by atoms with Crippen LogP contribution in [-0.2, 0) is 4.84 Å². The average molecular weight is 154 g/mol. The van der Waals surface area contributed by atoms with Gasteiger partial charge in [-0.25, -0.2) is 0 Å². The van der Waals surface area contributed by atoms with Crippen LogP contribution in [0.2, 0.25) is 0 Å². The Bertz CT molecular complexity index is 153. The molecule has 0 saturated carbocycles. The Morgan fingerprint density at radius 1 is 1.73 bits per heavy atom. The average Bonchev–Trinajstić information content (AvgIpc) is 2.39. The van der Waals surface area contributed by atoms with Crippen molar-refractivity contribution >= 4 is 0 Å². The second-order valence-corrected chi connectivity index (χ2v) is 2.91. The molecule has 0 bridgehead atoms. The third-order valence-corrected chi connectivity index (χ3v) is 2.10. The van der Waals surface area contributed by atoms with Crippen molar-refractivity contribution in [2.75, 3.05) is 6.54 Å². The number of hydroxylamine groups is 2. The number of rotatable bonds is 3. The van der Waals surface area contributed by atoms with Gasteiger partial charge in [0.2, 0.25) is 0 Å². The van der Waals surface area contributed by atoms with Crippen LogP contribution in [0.25, 0.3) is 0 Å². The minimum atomic E-state index is 0.486. The van der Waals surface area contributed by atoms with Crippen molar-refractivity contribution in [2.24, 2.45) is 0 Å². The van der Waals surface area contributed by atoms with Crippen LogP contribution >= 0.6 is 0 Å². The Hall–Kier alpha value is -0.750. The zero-order chi connectivity index (χ0) is 8.10. The van der Waals surface area contributed by atoms with Crippen LogP contribution in [0, 0.1) is 11.5 Å². The van der Waals surface area contributed by atoms with E-state index in [2.05, 4.69) is 6.92 Å². The van der Waals surface area contributed by atoms with Crippen molar-refractivity contribution in [1.29, 1.82) is 5.26 Å². The first kappa shape index (κ1) is 8.35. The van der Waals surface area contributed by atoms with Gasteiger partial charge in [-0.05, 0) is 19.3 Å².